The first-order valence-electron chi connectivity index (χ1n) is 15.2. The van der Waals surface area contributed by atoms with Crippen LogP contribution in [0.2, 0.25) is 0 Å². The Morgan fingerprint density at radius 1 is 0.911 bits per heavy atom. The number of likely N-dealkylation sites (tertiary alicyclic amines) is 1. The fraction of sp³-hybridized carbons (Fsp3) is 0.294. The Labute approximate surface area is 263 Å². The van der Waals surface area contributed by atoms with Crippen molar-refractivity contribution in [3.8, 4) is 0 Å². The molecule has 3 aromatic carbocycles. The van der Waals surface area contributed by atoms with Crippen molar-refractivity contribution in [2.75, 3.05) is 33.3 Å². The van der Waals surface area contributed by atoms with Gasteiger partial charge < -0.3 is 9.64 Å². The van der Waals surface area contributed by atoms with Gasteiger partial charge in [0.15, 0.2) is 17.0 Å². The van der Waals surface area contributed by atoms with E-state index in [4.69, 9.17) is 19.2 Å². The summed E-state index contributed by atoms with van der Waals surface area (Å²) in [5.74, 6) is 1.55. The summed E-state index contributed by atoms with van der Waals surface area (Å²) in [7, 11) is 1.66. The van der Waals surface area contributed by atoms with Crippen molar-refractivity contribution in [2.45, 2.75) is 30.7 Å². The van der Waals surface area contributed by atoms with E-state index in [1.165, 1.54) is 6.33 Å². The van der Waals surface area contributed by atoms with Crippen LogP contribution >= 0.6 is 8.69 Å². The topological polar surface area (TPSA) is 98.0 Å². The number of amidine groups is 1. The average molecular weight is 620 g/mol. The monoisotopic (exact) mass is 619 g/mol. The predicted molar refractivity (Wildman–Crippen MR) is 173 cm³/mol. The molecular weight excluding hydrogens is 585 g/mol. The summed E-state index contributed by atoms with van der Waals surface area (Å²) in [4.78, 5) is 23.3. The zero-order valence-corrected chi connectivity index (χ0v) is 25.9. The number of imidazole rings is 1. The molecule has 2 saturated heterocycles. The van der Waals surface area contributed by atoms with E-state index in [-0.39, 0.29) is 15.3 Å². The highest BCUT2D eigenvalue weighted by molar-refractivity contribution is 7.17. The van der Waals surface area contributed by atoms with Gasteiger partial charge in [0.1, 0.15) is 18.4 Å². The van der Waals surface area contributed by atoms with Gasteiger partial charge in [-0.25, -0.2) is 24.5 Å². The molecule has 10 nitrogen and oxygen atoms in total. The Kier molecular flexibility index (Phi) is 8.45. The number of nitrogens with zero attached hydrogens (tertiary/aromatic N) is 7. The molecule has 2 fully saturated rings. The van der Waals surface area contributed by atoms with Crippen molar-refractivity contribution in [3.63, 3.8) is 0 Å². The Hall–Kier alpha value is -4.34. The standard InChI is InChI=1S/C34H34N7O3P/c1-39-19-11-18-29(39)38-32-31-33(36-23-35-32)41(24-37-31)30-21-40(20-28(44-30)22-43-45-42)34(25-12-5-2-6-13-25,26-14-7-3-8-15-26)27-16-9-4-10-17-27/h2-10,12-17,23-24,28,30H,11,18-22H2,1H3/b38-29+/t28-,30+/m0/s1. The van der Waals surface area contributed by atoms with Crippen LogP contribution in [0, 0.1) is 0 Å². The number of morpholine rings is 1. The van der Waals surface area contributed by atoms with Gasteiger partial charge in [-0.15, -0.1) is 0 Å². The SMILES string of the molecule is CN1CCC/C1=N\c1ncnc2c1ncn2[C@H]1CN(C(c2ccccc2)(c2ccccc2)c2ccccc2)C[C@@H](COP=O)O1. The highest BCUT2D eigenvalue weighted by Crippen LogP contribution is 2.45. The minimum Gasteiger partial charge on any atom is -0.363 e. The lowest BCUT2D eigenvalue weighted by molar-refractivity contribution is -0.144. The lowest BCUT2D eigenvalue weighted by Crippen LogP contribution is -2.57. The molecule has 228 valence electrons. The summed E-state index contributed by atoms with van der Waals surface area (Å²) in [6.07, 6.45) is 4.39. The van der Waals surface area contributed by atoms with Gasteiger partial charge in [-0.05, 0) is 23.1 Å². The minimum absolute atomic E-state index is 0.152. The second-order valence-electron chi connectivity index (χ2n) is 11.4. The molecule has 0 unspecified atom stereocenters. The first-order chi connectivity index (χ1) is 22.2. The average Bonchev–Trinajstić information content (AvgIpc) is 3.72. The number of aromatic nitrogens is 4. The van der Waals surface area contributed by atoms with Crippen LogP contribution < -0.4 is 0 Å². The molecule has 0 bridgehead atoms. The number of hydrogen-bond donors (Lipinski definition) is 0. The highest BCUT2D eigenvalue weighted by Gasteiger charge is 2.46. The van der Waals surface area contributed by atoms with Gasteiger partial charge in [0.2, 0.25) is 0 Å². The Bertz CT molecular complexity index is 1690. The lowest BCUT2D eigenvalue weighted by atomic mass is 9.75. The van der Waals surface area contributed by atoms with Crippen LogP contribution in [0.1, 0.15) is 35.8 Å². The fourth-order valence-electron chi connectivity index (χ4n) is 6.73. The van der Waals surface area contributed by atoms with Crippen LogP contribution in [0.4, 0.5) is 5.82 Å². The zero-order valence-electron chi connectivity index (χ0n) is 25.0. The number of hydrogen-bond acceptors (Lipinski definition) is 8. The fourth-order valence-corrected chi connectivity index (χ4v) is 6.95. The van der Waals surface area contributed by atoms with E-state index in [9.17, 15) is 4.57 Å². The van der Waals surface area contributed by atoms with E-state index in [0.717, 1.165) is 41.9 Å². The van der Waals surface area contributed by atoms with E-state index in [1.807, 2.05) is 22.8 Å². The number of aliphatic imine (C=N–C) groups is 1. The highest BCUT2D eigenvalue weighted by atomic mass is 31.1. The maximum absolute atomic E-state index is 11.4. The molecule has 11 heteroatoms. The van der Waals surface area contributed by atoms with Crippen LogP contribution in [0.15, 0.2) is 109 Å². The van der Waals surface area contributed by atoms with E-state index < -0.39 is 17.9 Å². The van der Waals surface area contributed by atoms with Gasteiger partial charge in [-0.2, -0.15) is 0 Å². The Balaban J connectivity index is 1.37. The Morgan fingerprint density at radius 3 is 2.13 bits per heavy atom. The van der Waals surface area contributed by atoms with Crippen LogP contribution in [0.25, 0.3) is 11.2 Å². The molecule has 0 aliphatic carbocycles. The first kappa shape index (κ1) is 29.4. The summed E-state index contributed by atoms with van der Waals surface area (Å²) < 4.78 is 25.5. The van der Waals surface area contributed by atoms with Gasteiger partial charge >= 0.3 is 8.69 Å². The molecule has 4 heterocycles. The number of fused-ring (bicyclic) bond motifs is 1. The van der Waals surface area contributed by atoms with Gasteiger partial charge in [0.25, 0.3) is 0 Å². The van der Waals surface area contributed by atoms with Crippen molar-refractivity contribution in [1.29, 1.82) is 0 Å². The molecule has 2 aliphatic heterocycles. The van der Waals surface area contributed by atoms with Gasteiger partial charge in [0, 0.05) is 33.1 Å². The molecule has 5 aromatic rings. The third-order valence-corrected chi connectivity index (χ3v) is 8.99. The number of benzene rings is 3. The summed E-state index contributed by atoms with van der Waals surface area (Å²) in [6, 6.07) is 31.7. The third-order valence-electron chi connectivity index (χ3n) is 8.73. The Morgan fingerprint density at radius 2 is 1.56 bits per heavy atom. The van der Waals surface area contributed by atoms with Crippen LogP contribution in [0.3, 0.4) is 0 Å². The van der Waals surface area contributed by atoms with E-state index in [0.29, 0.717) is 30.1 Å². The van der Waals surface area contributed by atoms with Crippen molar-refractivity contribution in [1.82, 2.24) is 29.3 Å². The molecule has 0 radical (unpaired) electrons. The molecule has 0 amide bonds. The second-order valence-corrected chi connectivity index (χ2v) is 11.8. The van der Waals surface area contributed by atoms with Crippen LogP contribution in [-0.4, -0.2) is 74.5 Å². The first-order valence-corrected chi connectivity index (χ1v) is 15.9. The summed E-state index contributed by atoms with van der Waals surface area (Å²) >= 11 is 0. The van der Waals surface area contributed by atoms with Gasteiger partial charge in [0.05, 0.1) is 24.6 Å². The maximum atomic E-state index is 11.4. The molecule has 2 aromatic heterocycles. The molecule has 7 rings (SSSR count). The summed E-state index contributed by atoms with van der Waals surface area (Å²) in [5.41, 5.74) is 3.97. The van der Waals surface area contributed by atoms with Crippen LogP contribution in [0.5, 0.6) is 0 Å². The summed E-state index contributed by atoms with van der Waals surface area (Å²) in [5, 5.41) is 0. The quantitative estimate of drug-likeness (QED) is 0.147. The van der Waals surface area contributed by atoms with Gasteiger partial charge in [-0.1, -0.05) is 91.0 Å². The van der Waals surface area contributed by atoms with E-state index in [1.54, 1.807) is 6.33 Å². The molecule has 2 aliphatic rings. The molecule has 0 N–H and O–H groups in total. The molecule has 2 atom stereocenters. The van der Waals surface area contributed by atoms with Crippen molar-refractivity contribution in [3.05, 3.63) is 120 Å². The molecule has 45 heavy (non-hydrogen) atoms. The largest absolute Gasteiger partial charge is 0.363 e. The van der Waals surface area contributed by atoms with Crippen LogP contribution in [-0.2, 0) is 19.4 Å². The summed E-state index contributed by atoms with van der Waals surface area (Å²) in [6.45, 7) is 2.16. The normalized spacial score (nSPS) is 20.4. The molecule has 0 spiro atoms. The maximum Gasteiger partial charge on any atom is 0.327 e. The third kappa shape index (κ3) is 5.55. The second kappa shape index (κ2) is 12.9. The van der Waals surface area contributed by atoms with E-state index >= 15 is 0 Å². The number of rotatable bonds is 9. The van der Waals surface area contributed by atoms with Crippen molar-refractivity contribution in [2.24, 2.45) is 4.99 Å². The minimum atomic E-state index is -0.672. The van der Waals surface area contributed by atoms with Crippen molar-refractivity contribution >= 4 is 31.5 Å². The predicted octanol–water partition coefficient (Wildman–Crippen LogP) is 6.00. The van der Waals surface area contributed by atoms with Gasteiger partial charge in [-0.3, -0.25) is 14.0 Å². The van der Waals surface area contributed by atoms with Crippen molar-refractivity contribution < 1.29 is 13.8 Å². The lowest BCUT2D eigenvalue weighted by Gasteiger charge is -2.50. The number of ether oxygens (including phenoxy) is 1. The van der Waals surface area contributed by atoms with E-state index in [2.05, 4.69) is 99.6 Å². The molecule has 0 saturated carbocycles. The smallest absolute Gasteiger partial charge is 0.327 e. The zero-order chi connectivity index (χ0) is 30.6. The molecular formula is C34H34N7O3P.